The fraction of sp³-hybridized carbons (Fsp3) is 0.167. The van der Waals surface area contributed by atoms with Crippen molar-refractivity contribution in [2.75, 3.05) is 10.7 Å². The van der Waals surface area contributed by atoms with Gasteiger partial charge in [0, 0.05) is 12.4 Å². The third kappa shape index (κ3) is 2.25. The van der Waals surface area contributed by atoms with E-state index in [-0.39, 0.29) is 6.04 Å². The summed E-state index contributed by atoms with van der Waals surface area (Å²) >= 11 is 1.68. The summed E-state index contributed by atoms with van der Waals surface area (Å²) in [5, 5.41) is 7.54. The molecule has 3 rings (SSSR count). The van der Waals surface area contributed by atoms with Crippen molar-refractivity contribution in [3.8, 4) is 0 Å². The Balaban J connectivity index is 1.97. The Morgan fingerprint density at radius 2 is 2.37 bits per heavy atom. The van der Waals surface area contributed by atoms with Gasteiger partial charge in [-0.05, 0) is 29.3 Å². The highest BCUT2D eigenvalue weighted by molar-refractivity contribution is 7.07. The van der Waals surface area contributed by atoms with Crippen LogP contribution < -0.4 is 16.6 Å². The zero-order valence-electron chi connectivity index (χ0n) is 10.4. The number of nitrogens with one attached hydrogen (secondary N) is 2. The molecule has 7 heteroatoms. The summed E-state index contributed by atoms with van der Waals surface area (Å²) < 4.78 is 1.88. The molecule has 0 aliphatic rings. The molecule has 6 nitrogen and oxygen atoms in total. The van der Waals surface area contributed by atoms with Crippen LogP contribution in [0.2, 0.25) is 0 Å². The molecule has 1 atom stereocenters. The van der Waals surface area contributed by atoms with Crippen molar-refractivity contribution in [3.05, 3.63) is 41.0 Å². The van der Waals surface area contributed by atoms with E-state index in [1.165, 1.54) is 5.56 Å². The fourth-order valence-corrected chi connectivity index (χ4v) is 2.66. The zero-order chi connectivity index (χ0) is 13.2. The number of rotatable bonds is 4. The Hall–Kier alpha value is -2.12. The lowest BCUT2D eigenvalue weighted by Crippen LogP contribution is -2.13. The van der Waals surface area contributed by atoms with Crippen LogP contribution in [-0.4, -0.2) is 14.4 Å². The summed E-state index contributed by atoms with van der Waals surface area (Å²) in [6, 6.07) is 2.25. The molecule has 0 aliphatic carbocycles. The van der Waals surface area contributed by atoms with E-state index in [4.69, 9.17) is 5.84 Å². The number of thiophene rings is 1. The molecule has 0 spiro atoms. The number of nitrogen functional groups attached to an aromatic ring is 1. The topological polar surface area (TPSA) is 80.3 Å². The van der Waals surface area contributed by atoms with Crippen molar-refractivity contribution in [1.82, 2.24) is 14.4 Å². The minimum absolute atomic E-state index is 0.160. The summed E-state index contributed by atoms with van der Waals surface area (Å²) in [5.74, 6) is 6.73. The van der Waals surface area contributed by atoms with E-state index in [0.29, 0.717) is 11.6 Å². The van der Waals surface area contributed by atoms with Gasteiger partial charge in [0.15, 0.2) is 17.3 Å². The van der Waals surface area contributed by atoms with Crippen molar-refractivity contribution in [2.45, 2.75) is 13.0 Å². The Labute approximate surface area is 114 Å². The molecular formula is C12H14N6S. The summed E-state index contributed by atoms with van der Waals surface area (Å²) in [6.07, 6.45) is 5.39. The van der Waals surface area contributed by atoms with E-state index in [0.717, 1.165) is 5.65 Å². The lowest BCUT2D eigenvalue weighted by molar-refractivity contribution is 0.877. The maximum atomic E-state index is 5.43. The van der Waals surface area contributed by atoms with Crippen LogP contribution in [0.15, 0.2) is 35.4 Å². The Morgan fingerprint density at radius 1 is 1.47 bits per heavy atom. The summed E-state index contributed by atoms with van der Waals surface area (Å²) in [6.45, 7) is 2.09. The molecule has 0 amide bonds. The lowest BCUT2D eigenvalue weighted by Gasteiger charge is -2.14. The van der Waals surface area contributed by atoms with Gasteiger partial charge in [-0.2, -0.15) is 11.3 Å². The molecule has 0 aromatic carbocycles. The lowest BCUT2D eigenvalue weighted by atomic mass is 10.2. The molecule has 3 aromatic rings. The van der Waals surface area contributed by atoms with Crippen molar-refractivity contribution in [2.24, 2.45) is 5.84 Å². The van der Waals surface area contributed by atoms with Gasteiger partial charge in [-0.3, -0.25) is 0 Å². The van der Waals surface area contributed by atoms with Crippen LogP contribution in [0.1, 0.15) is 18.5 Å². The average molecular weight is 274 g/mol. The Bertz CT molecular complexity index is 675. The van der Waals surface area contributed by atoms with Gasteiger partial charge in [-0.15, -0.1) is 0 Å². The highest BCUT2D eigenvalue weighted by Crippen LogP contribution is 2.23. The molecule has 3 aromatic heterocycles. The molecule has 19 heavy (non-hydrogen) atoms. The number of fused-ring (bicyclic) bond motifs is 1. The van der Waals surface area contributed by atoms with Crippen molar-refractivity contribution in [3.63, 3.8) is 0 Å². The highest BCUT2D eigenvalue weighted by atomic mass is 32.1. The summed E-state index contributed by atoms with van der Waals surface area (Å²) in [5.41, 5.74) is 4.56. The SMILES string of the molecule is CC(Nc1nc(NN)cn2ccnc12)c1ccsc1. The van der Waals surface area contributed by atoms with Crippen molar-refractivity contribution < 1.29 is 0 Å². The van der Waals surface area contributed by atoms with Gasteiger partial charge < -0.3 is 15.1 Å². The second kappa shape index (κ2) is 4.87. The number of aromatic nitrogens is 3. The number of hydrazine groups is 1. The van der Waals surface area contributed by atoms with Crippen LogP contribution in [0.25, 0.3) is 5.65 Å². The van der Waals surface area contributed by atoms with Gasteiger partial charge >= 0.3 is 0 Å². The smallest absolute Gasteiger partial charge is 0.180 e. The third-order valence-electron chi connectivity index (χ3n) is 2.92. The minimum atomic E-state index is 0.160. The number of anilines is 2. The molecule has 3 heterocycles. The maximum Gasteiger partial charge on any atom is 0.180 e. The highest BCUT2D eigenvalue weighted by Gasteiger charge is 2.11. The Morgan fingerprint density at radius 3 is 3.11 bits per heavy atom. The van der Waals surface area contributed by atoms with Crippen LogP contribution in [-0.2, 0) is 0 Å². The van der Waals surface area contributed by atoms with Crippen LogP contribution in [0.5, 0.6) is 0 Å². The molecule has 0 saturated carbocycles. The second-order valence-electron chi connectivity index (χ2n) is 4.20. The average Bonchev–Trinajstić information content (AvgIpc) is 3.09. The first-order valence-corrected chi connectivity index (χ1v) is 6.81. The van der Waals surface area contributed by atoms with Gasteiger partial charge in [-0.1, -0.05) is 0 Å². The largest absolute Gasteiger partial charge is 0.360 e. The molecule has 0 radical (unpaired) electrons. The summed E-state index contributed by atoms with van der Waals surface area (Å²) in [4.78, 5) is 8.71. The molecular weight excluding hydrogens is 260 g/mol. The van der Waals surface area contributed by atoms with Gasteiger partial charge in [0.2, 0.25) is 0 Å². The van der Waals surface area contributed by atoms with Gasteiger partial charge in [0.1, 0.15) is 0 Å². The monoisotopic (exact) mass is 274 g/mol. The molecule has 98 valence electrons. The van der Waals surface area contributed by atoms with E-state index in [9.17, 15) is 0 Å². The van der Waals surface area contributed by atoms with E-state index in [1.807, 2.05) is 10.6 Å². The third-order valence-corrected chi connectivity index (χ3v) is 3.62. The van der Waals surface area contributed by atoms with E-state index in [2.05, 4.69) is 44.5 Å². The van der Waals surface area contributed by atoms with Gasteiger partial charge in [0.25, 0.3) is 0 Å². The predicted molar refractivity (Wildman–Crippen MR) is 77.2 cm³/mol. The first-order chi connectivity index (χ1) is 9.28. The number of nitrogens with zero attached hydrogens (tertiary/aromatic N) is 3. The normalized spacial score (nSPS) is 12.5. The molecule has 1 unspecified atom stereocenters. The quantitative estimate of drug-likeness (QED) is 0.502. The first kappa shape index (κ1) is 11.9. The minimum Gasteiger partial charge on any atom is -0.360 e. The van der Waals surface area contributed by atoms with E-state index in [1.54, 1.807) is 23.7 Å². The predicted octanol–water partition coefficient (Wildman–Crippen LogP) is 2.25. The molecule has 4 N–H and O–H groups in total. The number of nitrogens with two attached hydrogens (primary N) is 1. The Kier molecular flexibility index (Phi) is 3.06. The van der Waals surface area contributed by atoms with Crippen molar-refractivity contribution >= 4 is 28.6 Å². The standard InChI is InChI=1S/C12H14N6S/c1-8(9-2-5-19-7-9)15-11-12-14-3-4-18(12)6-10(16-11)17-13/h2-8,17H,13H2,1H3,(H,15,16). The first-order valence-electron chi connectivity index (χ1n) is 5.87. The second-order valence-corrected chi connectivity index (χ2v) is 4.98. The molecule has 0 bridgehead atoms. The molecule has 0 fully saturated rings. The van der Waals surface area contributed by atoms with Crippen LogP contribution in [0, 0.1) is 0 Å². The van der Waals surface area contributed by atoms with E-state index >= 15 is 0 Å². The number of hydrogen-bond donors (Lipinski definition) is 3. The fourth-order valence-electron chi connectivity index (χ4n) is 1.91. The zero-order valence-corrected chi connectivity index (χ0v) is 11.2. The van der Waals surface area contributed by atoms with Crippen molar-refractivity contribution in [1.29, 1.82) is 0 Å². The summed E-state index contributed by atoms with van der Waals surface area (Å²) in [7, 11) is 0. The molecule has 0 saturated heterocycles. The van der Waals surface area contributed by atoms with Crippen LogP contribution in [0.3, 0.4) is 0 Å². The maximum absolute atomic E-state index is 5.43. The number of hydrogen-bond acceptors (Lipinski definition) is 6. The molecule has 0 aliphatic heterocycles. The van der Waals surface area contributed by atoms with Gasteiger partial charge in [0.05, 0.1) is 12.2 Å². The van der Waals surface area contributed by atoms with Gasteiger partial charge in [-0.25, -0.2) is 15.8 Å². The van der Waals surface area contributed by atoms with Crippen LogP contribution >= 0.6 is 11.3 Å². The number of imidazole rings is 1. The van der Waals surface area contributed by atoms with Crippen LogP contribution in [0.4, 0.5) is 11.6 Å². The van der Waals surface area contributed by atoms with E-state index < -0.39 is 0 Å².